The second-order valence-corrected chi connectivity index (χ2v) is 5.17. The summed E-state index contributed by atoms with van der Waals surface area (Å²) in [6.07, 6.45) is 1.37. The average Bonchev–Trinajstić information content (AvgIpc) is 2.54. The minimum Gasteiger partial charge on any atom is -0.452 e. The van der Waals surface area contributed by atoms with Crippen LogP contribution in [-0.2, 0) is 16.1 Å². The van der Waals surface area contributed by atoms with Gasteiger partial charge < -0.3 is 9.64 Å². The monoisotopic (exact) mass is 336 g/mol. The van der Waals surface area contributed by atoms with Gasteiger partial charge in [0.2, 0.25) is 0 Å². The summed E-state index contributed by atoms with van der Waals surface area (Å²) in [7, 11) is 1.51. The highest BCUT2D eigenvalue weighted by Crippen LogP contribution is 2.10. The number of ether oxygens (including phenoxy) is 1. The number of carbonyl (C=O) groups is 2. The first-order valence-corrected chi connectivity index (χ1v) is 7.11. The molecule has 0 fully saturated rings. The van der Waals surface area contributed by atoms with Crippen LogP contribution < -0.4 is 0 Å². The van der Waals surface area contributed by atoms with E-state index in [1.165, 1.54) is 36.3 Å². The fraction of sp³-hybridized carbons (Fsp3) is 0.188. The van der Waals surface area contributed by atoms with Gasteiger partial charge in [0.25, 0.3) is 5.91 Å². The molecular formula is C16H14ClFN2O3. The molecule has 2 rings (SSSR count). The van der Waals surface area contributed by atoms with Crippen LogP contribution in [0.15, 0.2) is 42.6 Å². The molecule has 0 aliphatic carbocycles. The molecule has 1 amide bonds. The third-order valence-corrected chi connectivity index (χ3v) is 3.29. The van der Waals surface area contributed by atoms with E-state index in [0.29, 0.717) is 5.56 Å². The molecule has 0 unspecified atom stereocenters. The zero-order valence-electron chi connectivity index (χ0n) is 12.3. The number of nitrogens with zero attached hydrogens (tertiary/aromatic N) is 2. The maximum Gasteiger partial charge on any atom is 0.338 e. The van der Waals surface area contributed by atoms with Crippen molar-refractivity contribution in [3.05, 3.63) is 64.7 Å². The molecule has 0 bridgehead atoms. The van der Waals surface area contributed by atoms with Gasteiger partial charge in [0, 0.05) is 25.4 Å². The highest BCUT2D eigenvalue weighted by molar-refractivity contribution is 6.29. The molecule has 5 nitrogen and oxygen atoms in total. The Hall–Kier alpha value is -2.47. The molecule has 0 N–H and O–H groups in total. The Morgan fingerprint density at radius 3 is 2.74 bits per heavy atom. The molecule has 0 atom stereocenters. The summed E-state index contributed by atoms with van der Waals surface area (Å²) in [5, 5.41) is 0.155. The number of esters is 1. The van der Waals surface area contributed by atoms with E-state index in [4.69, 9.17) is 16.3 Å². The second-order valence-electron chi connectivity index (χ2n) is 4.78. The van der Waals surface area contributed by atoms with E-state index in [9.17, 15) is 14.0 Å². The highest BCUT2D eigenvalue weighted by atomic mass is 35.5. The average molecular weight is 337 g/mol. The van der Waals surface area contributed by atoms with Gasteiger partial charge >= 0.3 is 5.97 Å². The maximum absolute atomic E-state index is 13.5. The molecule has 1 aromatic carbocycles. The molecule has 0 spiro atoms. The number of benzene rings is 1. The van der Waals surface area contributed by atoms with Crippen molar-refractivity contribution in [3.8, 4) is 0 Å². The van der Waals surface area contributed by atoms with Crippen LogP contribution in [0.25, 0.3) is 0 Å². The normalized spacial score (nSPS) is 10.2. The van der Waals surface area contributed by atoms with Crippen LogP contribution in [-0.4, -0.2) is 35.4 Å². The van der Waals surface area contributed by atoms with Crippen molar-refractivity contribution in [2.24, 2.45) is 0 Å². The largest absolute Gasteiger partial charge is 0.452 e. The van der Waals surface area contributed by atoms with Gasteiger partial charge in [-0.1, -0.05) is 29.8 Å². The van der Waals surface area contributed by atoms with Crippen LogP contribution in [0, 0.1) is 5.82 Å². The van der Waals surface area contributed by atoms with E-state index < -0.39 is 24.3 Å². The highest BCUT2D eigenvalue weighted by Gasteiger charge is 2.15. The molecule has 0 saturated heterocycles. The van der Waals surface area contributed by atoms with Crippen molar-refractivity contribution < 1.29 is 18.7 Å². The van der Waals surface area contributed by atoms with Crippen LogP contribution in [0.5, 0.6) is 0 Å². The quantitative estimate of drug-likeness (QED) is 0.622. The van der Waals surface area contributed by atoms with Gasteiger partial charge in [0.05, 0.1) is 5.56 Å². The van der Waals surface area contributed by atoms with Gasteiger partial charge in [-0.05, 0) is 18.2 Å². The van der Waals surface area contributed by atoms with Gasteiger partial charge in [-0.15, -0.1) is 0 Å². The third kappa shape index (κ3) is 4.75. The number of halogens is 2. The topological polar surface area (TPSA) is 59.5 Å². The van der Waals surface area contributed by atoms with Crippen molar-refractivity contribution in [1.82, 2.24) is 9.88 Å². The minimum absolute atomic E-state index is 0.0874. The third-order valence-electron chi connectivity index (χ3n) is 3.08. The smallest absolute Gasteiger partial charge is 0.338 e. The lowest BCUT2D eigenvalue weighted by molar-refractivity contribution is -0.133. The summed E-state index contributed by atoms with van der Waals surface area (Å²) in [6.45, 7) is -0.353. The van der Waals surface area contributed by atoms with Crippen molar-refractivity contribution in [2.45, 2.75) is 6.54 Å². The van der Waals surface area contributed by atoms with E-state index in [1.54, 1.807) is 18.2 Å². The summed E-state index contributed by atoms with van der Waals surface area (Å²) in [4.78, 5) is 28.8. The van der Waals surface area contributed by atoms with Gasteiger partial charge in [0.1, 0.15) is 11.0 Å². The van der Waals surface area contributed by atoms with E-state index in [1.807, 2.05) is 0 Å². The SMILES string of the molecule is CN(Cc1ccccc1F)C(=O)COC(=O)c1ccnc(Cl)c1. The van der Waals surface area contributed by atoms with E-state index in [2.05, 4.69) is 4.98 Å². The molecule has 0 saturated carbocycles. The van der Waals surface area contributed by atoms with E-state index in [-0.39, 0.29) is 17.3 Å². The van der Waals surface area contributed by atoms with Gasteiger partial charge in [-0.2, -0.15) is 0 Å². The van der Waals surface area contributed by atoms with Crippen molar-refractivity contribution in [1.29, 1.82) is 0 Å². The second kappa shape index (κ2) is 7.69. The first-order chi connectivity index (χ1) is 11.0. The van der Waals surface area contributed by atoms with Crippen molar-refractivity contribution >= 4 is 23.5 Å². The Balaban J connectivity index is 1.89. The standard InChI is InChI=1S/C16H14ClFN2O3/c1-20(9-12-4-2-3-5-13(12)18)15(21)10-23-16(22)11-6-7-19-14(17)8-11/h2-8H,9-10H2,1H3. The molecule has 120 valence electrons. The Labute approximate surface area is 137 Å². The van der Waals surface area contributed by atoms with Gasteiger partial charge in [-0.3, -0.25) is 4.79 Å². The maximum atomic E-state index is 13.5. The van der Waals surface area contributed by atoms with Crippen molar-refractivity contribution in [2.75, 3.05) is 13.7 Å². The summed E-state index contributed by atoms with van der Waals surface area (Å²) < 4.78 is 18.5. The number of carbonyl (C=O) groups excluding carboxylic acids is 2. The molecule has 23 heavy (non-hydrogen) atoms. The molecule has 7 heteroatoms. The minimum atomic E-state index is -0.679. The van der Waals surface area contributed by atoms with Gasteiger partial charge in [-0.25, -0.2) is 14.2 Å². The number of aromatic nitrogens is 1. The molecule has 0 aliphatic heterocycles. The Morgan fingerprint density at radius 1 is 1.30 bits per heavy atom. The summed E-state index contributed by atoms with van der Waals surface area (Å²) >= 11 is 5.68. The molecular weight excluding hydrogens is 323 g/mol. The molecule has 0 radical (unpaired) electrons. The number of hydrogen-bond donors (Lipinski definition) is 0. The van der Waals surface area contributed by atoms with Crippen LogP contribution in [0.1, 0.15) is 15.9 Å². The first-order valence-electron chi connectivity index (χ1n) is 6.73. The molecule has 0 aliphatic rings. The van der Waals surface area contributed by atoms with Crippen LogP contribution in [0.2, 0.25) is 5.15 Å². The van der Waals surface area contributed by atoms with Crippen LogP contribution >= 0.6 is 11.6 Å². The zero-order chi connectivity index (χ0) is 16.8. The first kappa shape index (κ1) is 16.9. The Bertz CT molecular complexity index is 724. The lowest BCUT2D eigenvalue weighted by Crippen LogP contribution is -2.31. The van der Waals surface area contributed by atoms with E-state index in [0.717, 1.165) is 0 Å². The molecule has 2 aromatic rings. The Morgan fingerprint density at radius 2 is 2.04 bits per heavy atom. The number of likely N-dealkylation sites (N-methyl/N-ethyl adjacent to an activating group) is 1. The number of pyridine rings is 1. The Kier molecular flexibility index (Phi) is 5.65. The molecule has 1 heterocycles. The lowest BCUT2D eigenvalue weighted by atomic mass is 10.2. The summed E-state index contributed by atoms with van der Waals surface area (Å²) in [6, 6.07) is 8.94. The fourth-order valence-electron chi connectivity index (χ4n) is 1.82. The zero-order valence-corrected chi connectivity index (χ0v) is 13.1. The predicted molar refractivity (Wildman–Crippen MR) is 82.4 cm³/mol. The number of amides is 1. The van der Waals surface area contributed by atoms with Crippen LogP contribution in [0.4, 0.5) is 4.39 Å². The fourth-order valence-corrected chi connectivity index (χ4v) is 1.99. The van der Waals surface area contributed by atoms with E-state index >= 15 is 0 Å². The number of rotatable bonds is 5. The van der Waals surface area contributed by atoms with Gasteiger partial charge in [0.15, 0.2) is 6.61 Å². The summed E-state index contributed by atoms with van der Waals surface area (Å²) in [5.41, 5.74) is 0.588. The van der Waals surface area contributed by atoms with Crippen molar-refractivity contribution in [3.63, 3.8) is 0 Å². The predicted octanol–water partition coefficient (Wildman–Crippen LogP) is 2.69. The van der Waals surface area contributed by atoms with Crippen LogP contribution in [0.3, 0.4) is 0 Å². The number of hydrogen-bond acceptors (Lipinski definition) is 4. The lowest BCUT2D eigenvalue weighted by Gasteiger charge is -2.17. The summed E-state index contributed by atoms with van der Waals surface area (Å²) in [5.74, 6) is -1.51. The molecule has 1 aromatic heterocycles.